The van der Waals surface area contributed by atoms with Crippen molar-refractivity contribution in [2.45, 2.75) is 4.90 Å². The maximum absolute atomic E-state index is 12.6. The van der Waals surface area contributed by atoms with Gasteiger partial charge in [-0.2, -0.15) is 5.10 Å². The lowest BCUT2D eigenvalue weighted by Crippen LogP contribution is -2.13. The molecule has 0 aromatic heterocycles. The molecule has 0 atom stereocenters. The van der Waals surface area contributed by atoms with Crippen molar-refractivity contribution >= 4 is 33.3 Å². The van der Waals surface area contributed by atoms with Crippen LogP contribution in [0.4, 0.5) is 17.1 Å². The Morgan fingerprint density at radius 1 is 0.941 bits per heavy atom. The molecule has 34 heavy (non-hydrogen) atoms. The Labute approximate surface area is 196 Å². The van der Waals surface area contributed by atoms with Gasteiger partial charge in [0.25, 0.3) is 15.7 Å². The molecule has 3 rings (SSSR count). The van der Waals surface area contributed by atoms with Crippen LogP contribution < -0.4 is 24.4 Å². The average Bonchev–Trinajstić information content (AvgIpc) is 2.83. The fourth-order valence-electron chi connectivity index (χ4n) is 3.00. The van der Waals surface area contributed by atoms with Gasteiger partial charge in [-0.1, -0.05) is 18.2 Å². The van der Waals surface area contributed by atoms with Crippen molar-refractivity contribution in [2.24, 2.45) is 5.10 Å². The normalized spacial score (nSPS) is 11.1. The number of nitrogens with zero attached hydrogens (tertiary/aromatic N) is 2. The number of hydrogen-bond donors (Lipinski definition) is 2. The number of rotatable bonds is 10. The summed E-state index contributed by atoms with van der Waals surface area (Å²) in [5, 5.41) is 15.6. The summed E-state index contributed by atoms with van der Waals surface area (Å²) in [7, 11) is 0.397. The predicted molar refractivity (Wildman–Crippen MR) is 128 cm³/mol. The third kappa shape index (κ3) is 5.53. The maximum Gasteiger partial charge on any atom is 0.295 e. The Hall–Kier alpha value is -4.32. The van der Waals surface area contributed by atoms with Gasteiger partial charge >= 0.3 is 0 Å². The molecule has 0 unspecified atom stereocenters. The molecule has 0 bridgehead atoms. The van der Waals surface area contributed by atoms with E-state index in [-0.39, 0.29) is 10.6 Å². The van der Waals surface area contributed by atoms with E-state index in [1.165, 1.54) is 39.7 Å². The van der Waals surface area contributed by atoms with Gasteiger partial charge in [0, 0.05) is 17.3 Å². The van der Waals surface area contributed by atoms with Crippen LogP contribution in [-0.2, 0) is 10.0 Å². The zero-order valence-corrected chi connectivity index (χ0v) is 19.3. The highest BCUT2D eigenvalue weighted by molar-refractivity contribution is 7.92. The molecule has 3 aromatic rings. The average molecular weight is 487 g/mol. The molecular weight excluding hydrogens is 464 g/mol. The second kappa shape index (κ2) is 10.5. The number of hydrazone groups is 1. The van der Waals surface area contributed by atoms with Crippen LogP contribution in [0.2, 0.25) is 0 Å². The minimum Gasteiger partial charge on any atom is -0.493 e. The quantitative estimate of drug-likeness (QED) is 0.250. The van der Waals surface area contributed by atoms with Crippen molar-refractivity contribution in [2.75, 3.05) is 31.5 Å². The summed E-state index contributed by atoms with van der Waals surface area (Å²) in [6.07, 6.45) is 1.40. The van der Waals surface area contributed by atoms with E-state index in [9.17, 15) is 18.5 Å². The van der Waals surface area contributed by atoms with Gasteiger partial charge in [0.15, 0.2) is 11.5 Å². The minimum absolute atomic E-state index is 0.00681. The Morgan fingerprint density at radius 2 is 1.59 bits per heavy atom. The van der Waals surface area contributed by atoms with Gasteiger partial charge in [0.05, 0.1) is 37.4 Å². The van der Waals surface area contributed by atoms with Crippen LogP contribution in [-0.4, -0.2) is 40.9 Å². The SMILES string of the molecule is COc1cc(/C=N/Nc2ccc(S(=O)(=O)Nc3ccccc3)cc2[N+](=O)[O-])cc(OC)c1OC. The zero-order valence-electron chi connectivity index (χ0n) is 18.5. The topological polar surface area (TPSA) is 141 Å². The highest BCUT2D eigenvalue weighted by Gasteiger charge is 2.21. The number of nitrogens with one attached hydrogen (secondary N) is 2. The Bertz CT molecular complexity index is 1290. The third-order valence-electron chi connectivity index (χ3n) is 4.59. The summed E-state index contributed by atoms with van der Waals surface area (Å²) < 4.78 is 43.5. The van der Waals surface area contributed by atoms with E-state index in [1.807, 2.05) is 0 Å². The molecule has 0 amide bonds. The summed E-state index contributed by atoms with van der Waals surface area (Å²) in [6, 6.07) is 15.0. The Balaban J connectivity index is 1.86. The van der Waals surface area contributed by atoms with Gasteiger partial charge in [-0.15, -0.1) is 0 Å². The molecule has 0 aliphatic rings. The molecule has 3 aromatic carbocycles. The Kier molecular flexibility index (Phi) is 7.53. The van der Waals surface area contributed by atoms with E-state index in [4.69, 9.17) is 14.2 Å². The fourth-order valence-corrected chi connectivity index (χ4v) is 4.07. The van der Waals surface area contributed by atoms with Crippen LogP contribution in [0.5, 0.6) is 17.2 Å². The monoisotopic (exact) mass is 486 g/mol. The number of para-hydroxylation sites is 1. The molecular formula is C22H22N4O7S. The molecule has 0 spiro atoms. The van der Waals surface area contributed by atoms with Crippen LogP contribution in [0.15, 0.2) is 70.7 Å². The number of methoxy groups -OCH3 is 3. The van der Waals surface area contributed by atoms with Gasteiger partial charge < -0.3 is 14.2 Å². The highest BCUT2D eigenvalue weighted by Crippen LogP contribution is 2.37. The second-order valence-corrected chi connectivity index (χ2v) is 8.42. The first-order valence-corrected chi connectivity index (χ1v) is 11.2. The summed E-state index contributed by atoms with van der Waals surface area (Å²) in [4.78, 5) is 10.6. The van der Waals surface area contributed by atoms with Gasteiger partial charge in [-0.3, -0.25) is 20.3 Å². The summed E-state index contributed by atoms with van der Waals surface area (Å²) in [5.74, 6) is 1.23. The van der Waals surface area contributed by atoms with Gasteiger partial charge in [-0.05, 0) is 36.4 Å². The summed E-state index contributed by atoms with van der Waals surface area (Å²) >= 11 is 0. The van der Waals surface area contributed by atoms with Crippen LogP contribution in [0, 0.1) is 10.1 Å². The number of nitro benzene ring substituents is 1. The molecule has 12 heteroatoms. The molecule has 0 saturated heterocycles. The fraction of sp³-hybridized carbons (Fsp3) is 0.136. The minimum atomic E-state index is -4.03. The van der Waals surface area contributed by atoms with E-state index in [2.05, 4.69) is 15.2 Å². The molecule has 0 heterocycles. The first-order valence-electron chi connectivity index (χ1n) is 9.74. The van der Waals surface area contributed by atoms with Crippen molar-refractivity contribution in [3.8, 4) is 17.2 Å². The van der Waals surface area contributed by atoms with Crippen molar-refractivity contribution in [3.05, 3.63) is 76.3 Å². The van der Waals surface area contributed by atoms with Crippen LogP contribution in [0.25, 0.3) is 0 Å². The van der Waals surface area contributed by atoms with Crippen molar-refractivity contribution in [3.63, 3.8) is 0 Å². The number of anilines is 2. The van der Waals surface area contributed by atoms with Crippen molar-refractivity contribution < 1.29 is 27.6 Å². The van der Waals surface area contributed by atoms with E-state index < -0.39 is 20.6 Å². The third-order valence-corrected chi connectivity index (χ3v) is 5.97. The lowest BCUT2D eigenvalue weighted by atomic mass is 10.2. The Morgan fingerprint density at radius 3 is 2.15 bits per heavy atom. The lowest BCUT2D eigenvalue weighted by Gasteiger charge is -2.12. The molecule has 178 valence electrons. The van der Waals surface area contributed by atoms with Gasteiger partial charge in [0.1, 0.15) is 5.69 Å². The molecule has 11 nitrogen and oxygen atoms in total. The summed E-state index contributed by atoms with van der Waals surface area (Å²) in [6.45, 7) is 0. The van der Waals surface area contributed by atoms with Gasteiger partial charge in [-0.25, -0.2) is 8.42 Å². The first kappa shape index (κ1) is 24.3. The maximum atomic E-state index is 12.6. The smallest absolute Gasteiger partial charge is 0.295 e. The number of sulfonamides is 1. The molecule has 2 N–H and O–H groups in total. The van der Waals surface area contributed by atoms with E-state index >= 15 is 0 Å². The van der Waals surface area contributed by atoms with Crippen LogP contribution >= 0.6 is 0 Å². The standard InChI is InChI=1S/C22H22N4O7S/c1-31-20-11-15(12-21(32-2)22(20)33-3)14-23-24-18-10-9-17(13-19(18)26(27)28)34(29,30)25-16-7-5-4-6-8-16/h4-14,24-25H,1-3H3/b23-14+. The molecule has 0 saturated carbocycles. The van der Waals surface area contributed by atoms with E-state index in [0.717, 1.165) is 6.07 Å². The van der Waals surface area contributed by atoms with Crippen molar-refractivity contribution in [1.82, 2.24) is 0 Å². The van der Waals surface area contributed by atoms with Crippen LogP contribution in [0.3, 0.4) is 0 Å². The molecule has 0 radical (unpaired) electrons. The second-order valence-electron chi connectivity index (χ2n) is 6.74. The number of hydrogen-bond acceptors (Lipinski definition) is 9. The molecule has 0 aliphatic heterocycles. The molecule has 0 aliphatic carbocycles. The van der Waals surface area contributed by atoms with E-state index in [1.54, 1.807) is 42.5 Å². The van der Waals surface area contributed by atoms with Crippen molar-refractivity contribution in [1.29, 1.82) is 0 Å². The predicted octanol–water partition coefficient (Wildman–Crippen LogP) is 3.87. The van der Waals surface area contributed by atoms with Gasteiger partial charge in [0.2, 0.25) is 5.75 Å². The molecule has 0 fully saturated rings. The van der Waals surface area contributed by atoms with Crippen LogP contribution in [0.1, 0.15) is 5.56 Å². The lowest BCUT2D eigenvalue weighted by molar-refractivity contribution is -0.384. The number of ether oxygens (including phenoxy) is 3. The number of nitro groups is 1. The largest absolute Gasteiger partial charge is 0.493 e. The summed E-state index contributed by atoms with van der Waals surface area (Å²) in [5.41, 5.74) is 3.02. The first-order chi connectivity index (χ1) is 16.3. The highest BCUT2D eigenvalue weighted by atomic mass is 32.2. The van der Waals surface area contributed by atoms with E-state index in [0.29, 0.717) is 28.5 Å². The number of benzene rings is 3. The zero-order chi connectivity index (χ0) is 24.7.